The van der Waals surface area contributed by atoms with Gasteiger partial charge >= 0.3 is 0 Å². The van der Waals surface area contributed by atoms with Crippen LogP contribution in [0.5, 0.6) is 0 Å². The monoisotopic (exact) mass is 216 g/mol. The highest BCUT2D eigenvalue weighted by Crippen LogP contribution is 2.07. The van der Waals surface area contributed by atoms with E-state index in [-0.39, 0.29) is 18.0 Å². The van der Waals surface area contributed by atoms with Crippen LogP contribution in [0.3, 0.4) is 0 Å². The fourth-order valence-corrected chi connectivity index (χ4v) is 2.29. The highest BCUT2D eigenvalue weighted by molar-refractivity contribution is 7.98. The molecule has 14 heavy (non-hydrogen) atoms. The number of amides is 1. The van der Waals surface area contributed by atoms with Gasteiger partial charge in [-0.2, -0.15) is 11.8 Å². The van der Waals surface area contributed by atoms with E-state index in [4.69, 9.17) is 0 Å². The number of piperidine rings is 1. The maximum atomic E-state index is 11.7. The molecule has 1 heterocycles. The number of hydrogen-bond acceptors (Lipinski definition) is 3. The van der Waals surface area contributed by atoms with Gasteiger partial charge in [0, 0.05) is 11.8 Å². The smallest absolute Gasteiger partial charge is 0.237 e. The van der Waals surface area contributed by atoms with Gasteiger partial charge in [0.15, 0.2) is 0 Å². The molecule has 1 fully saturated rings. The first-order valence-electron chi connectivity index (χ1n) is 5.26. The molecule has 1 unspecified atom stereocenters. The van der Waals surface area contributed by atoms with E-state index in [1.807, 2.05) is 0 Å². The summed E-state index contributed by atoms with van der Waals surface area (Å²) in [4.78, 5) is 11.7. The molecule has 0 radical (unpaired) electrons. The van der Waals surface area contributed by atoms with Crippen molar-refractivity contribution in [1.29, 1.82) is 0 Å². The van der Waals surface area contributed by atoms with Gasteiger partial charge in [-0.05, 0) is 32.6 Å². The minimum atomic E-state index is 0.0491. The van der Waals surface area contributed by atoms with Gasteiger partial charge in [-0.1, -0.05) is 6.42 Å². The van der Waals surface area contributed by atoms with Crippen molar-refractivity contribution in [3.8, 4) is 0 Å². The first-order valence-corrected chi connectivity index (χ1v) is 6.66. The number of carbonyl (C=O) groups is 1. The third-order valence-electron chi connectivity index (χ3n) is 2.43. The Bertz CT molecular complexity index is 181. The minimum absolute atomic E-state index is 0.0491. The fourth-order valence-electron chi connectivity index (χ4n) is 1.71. The third kappa shape index (κ3) is 3.88. The Hall–Kier alpha value is -0.220. The lowest BCUT2D eigenvalue weighted by atomic mass is 10.0. The van der Waals surface area contributed by atoms with Gasteiger partial charge in [0.05, 0.1) is 6.04 Å². The molecule has 1 saturated heterocycles. The number of hydrogen-bond donors (Lipinski definition) is 2. The van der Waals surface area contributed by atoms with Crippen molar-refractivity contribution < 1.29 is 4.79 Å². The van der Waals surface area contributed by atoms with Crippen LogP contribution in [0.15, 0.2) is 0 Å². The molecule has 0 aromatic rings. The Morgan fingerprint density at radius 1 is 1.64 bits per heavy atom. The number of rotatable bonds is 4. The molecule has 82 valence electrons. The summed E-state index contributed by atoms with van der Waals surface area (Å²) in [5.74, 6) is 1.16. The van der Waals surface area contributed by atoms with E-state index in [1.165, 1.54) is 12.8 Å². The van der Waals surface area contributed by atoms with Crippen LogP contribution in [0.2, 0.25) is 0 Å². The average molecular weight is 216 g/mol. The topological polar surface area (TPSA) is 41.1 Å². The summed E-state index contributed by atoms with van der Waals surface area (Å²) in [6.07, 6.45) is 5.41. The molecule has 4 heteroatoms. The van der Waals surface area contributed by atoms with Crippen molar-refractivity contribution >= 4 is 17.7 Å². The molecule has 0 bridgehead atoms. The summed E-state index contributed by atoms with van der Waals surface area (Å²) in [6.45, 7) is 3.03. The Morgan fingerprint density at radius 2 is 2.43 bits per heavy atom. The lowest BCUT2D eigenvalue weighted by Gasteiger charge is -2.24. The highest BCUT2D eigenvalue weighted by Gasteiger charge is 2.21. The van der Waals surface area contributed by atoms with Crippen molar-refractivity contribution in [3.63, 3.8) is 0 Å². The van der Waals surface area contributed by atoms with Crippen molar-refractivity contribution in [1.82, 2.24) is 10.6 Å². The van der Waals surface area contributed by atoms with Crippen LogP contribution in [-0.4, -0.2) is 36.5 Å². The largest absolute Gasteiger partial charge is 0.351 e. The van der Waals surface area contributed by atoms with Crippen LogP contribution in [0.1, 0.15) is 26.2 Å². The molecule has 2 atom stereocenters. The van der Waals surface area contributed by atoms with Crippen LogP contribution in [0.25, 0.3) is 0 Å². The van der Waals surface area contributed by atoms with E-state index >= 15 is 0 Å². The lowest BCUT2D eigenvalue weighted by molar-refractivity contribution is -0.124. The van der Waals surface area contributed by atoms with E-state index in [9.17, 15) is 4.79 Å². The molecule has 1 amide bonds. The van der Waals surface area contributed by atoms with Crippen LogP contribution < -0.4 is 10.6 Å². The number of carbonyl (C=O) groups excluding carboxylic acids is 1. The quantitative estimate of drug-likeness (QED) is 0.736. The summed E-state index contributed by atoms with van der Waals surface area (Å²) in [5, 5.41) is 6.28. The van der Waals surface area contributed by atoms with E-state index in [0.29, 0.717) is 0 Å². The van der Waals surface area contributed by atoms with Gasteiger partial charge in [-0.15, -0.1) is 0 Å². The van der Waals surface area contributed by atoms with Crippen LogP contribution in [-0.2, 0) is 4.79 Å². The molecule has 0 spiro atoms. The second-order valence-corrected chi connectivity index (χ2v) is 4.78. The second kappa shape index (κ2) is 6.30. The number of nitrogens with one attached hydrogen (secondary N) is 2. The summed E-state index contributed by atoms with van der Waals surface area (Å²) >= 11 is 1.76. The summed E-state index contributed by atoms with van der Waals surface area (Å²) in [7, 11) is 0. The second-order valence-electron chi connectivity index (χ2n) is 3.87. The van der Waals surface area contributed by atoms with Gasteiger partial charge in [0.25, 0.3) is 0 Å². The van der Waals surface area contributed by atoms with E-state index in [0.717, 1.165) is 18.7 Å². The zero-order chi connectivity index (χ0) is 10.4. The number of thioether (sulfide) groups is 1. The van der Waals surface area contributed by atoms with Gasteiger partial charge in [-0.25, -0.2) is 0 Å². The maximum Gasteiger partial charge on any atom is 0.237 e. The molecular weight excluding hydrogens is 196 g/mol. The van der Waals surface area contributed by atoms with E-state index in [1.54, 1.807) is 11.8 Å². The fraction of sp³-hybridized carbons (Fsp3) is 0.900. The molecule has 1 rings (SSSR count). The summed E-state index contributed by atoms with van der Waals surface area (Å²) in [5.41, 5.74) is 0. The highest BCUT2D eigenvalue weighted by atomic mass is 32.2. The minimum Gasteiger partial charge on any atom is -0.351 e. The SMILES string of the molecule is CSCC(C)NC(=O)[C@H]1CCCCN1. The average Bonchev–Trinajstić information content (AvgIpc) is 2.19. The molecule has 3 nitrogen and oxygen atoms in total. The lowest BCUT2D eigenvalue weighted by Crippen LogP contribution is -2.49. The predicted octanol–water partition coefficient (Wildman–Crippen LogP) is 0.996. The summed E-state index contributed by atoms with van der Waals surface area (Å²) in [6, 6.07) is 0.328. The van der Waals surface area contributed by atoms with E-state index < -0.39 is 0 Å². The Morgan fingerprint density at radius 3 is 3.00 bits per heavy atom. The normalized spacial score (nSPS) is 24.3. The zero-order valence-corrected chi connectivity index (χ0v) is 9.82. The first-order chi connectivity index (χ1) is 6.74. The maximum absolute atomic E-state index is 11.7. The molecule has 1 aliphatic rings. The molecular formula is C10H20N2OS. The molecule has 0 aromatic heterocycles. The van der Waals surface area contributed by atoms with Gasteiger partial charge in [0.1, 0.15) is 0 Å². The van der Waals surface area contributed by atoms with Crippen LogP contribution >= 0.6 is 11.8 Å². The Labute approximate surface area is 90.4 Å². The first kappa shape index (κ1) is 11.9. The van der Waals surface area contributed by atoms with Crippen LogP contribution in [0.4, 0.5) is 0 Å². The molecule has 1 aliphatic heterocycles. The Kier molecular flexibility index (Phi) is 5.33. The van der Waals surface area contributed by atoms with Gasteiger partial charge in [-0.3, -0.25) is 4.79 Å². The van der Waals surface area contributed by atoms with Crippen molar-refractivity contribution in [3.05, 3.63) is 0 Å². The molecule has 0 aromatic carbocycles. The predicted molar refractivity (Wildman–Crippen MR) is 61.6 cm³/mol. The van der Waals surface area contributed by atoms with Crippen molar-refractivity contribution in [2.75, 3.05) is 18.6 Å². The molecule has 0 saturated carbocycles. The van der Waals surface area contributed by atoms with Gasteiger partial charge < -0.3 is 10.6 Å². The van der Waals surface area contributed by atoms with E-state index in [2.05, 4.69) is 23.8 Å². The molecule has 0 aliphatic carbocycles. The molecule has 2 N–H and O–H groups in total. The zero-order valence-electron chi connectivity index (χ0n) is 9.01. The van der Waals surface area contributed by atoms with Crippen LogP contribution in [0, 0.1) is 0 Å². The standard InChI is InChI=1S/C10H20N2OS/c1-8(7-14-2)12-10(13)9-5-3-4-6-11-9/h8-9,11H,3-7H2,1-2H3,(H,12,13)/t8?,9-/m1/s1. The van der Waals surface area contributed by atoms with Crippen molar-refractivity contribution in [2.24, 2.45) is 0 Å². The Balaban J connectivity index is 2.25. The third-order valence-corrected chi connectivity index (χ3v) is 3.27. The van der Waals surface area contributed by atoms with Crippen molar-refractivity contribution in [2.45, 2.75) is 38.3 Å². The van der Waals surface area contributed by atoms with Gasteiger partial charge in [0.2, 0.25) is 5.91 Å². The summed E-state index contributed by atoms with van der Waals surface area (Å²) < 4.78 is 0.